The molecule has 0 aliphatic carbocycles. The molecule has 0 bridgehead atoms. The van der Waals surface area contributed by atoms with Gasteiger partial charge >= 0.3 is 5.97 Å². The number of nitrogens with zero attached hydrogens (tertiary/aromatic N) is 2. The van der Waals surface area contributed by atoms with E-state index in [1.165, 1.54) is 11.0 Å². The van der Waals surface area contributed by atoms with Gasteiger partial charge in [-0.3, -0.25) is 14.5 Å². The topological polar surface area (TPSA) is 79.6 Å². The lowest BCUT2D eigenvalue weighted by Gasteiger charge is -2.12. The maximum absolute atomic E-state index is 12.9. The van der Waals surface area contributed by atoms with Crippen molar-refractivity contribution in [1.29, 1.82) is 0 Å². The molecule has 1 aliphatic rings. The van der Waals surface area contributed by atoms with E-state index in [0.29, 0.717) is 16.3 Å². The molecule has 2 amide bonds. The fraction of sp³-hybridized carbons (Fsp3) is 0.0870. The van der Waals surface area contributed by atoms with E-state index in [1.54, 1.807) is 41.1 Å². The second kappa shape index (κ2) is 8.04. The number of hydrogen-bond acceptors (Lipinski definition) is 4. The lowest BCUT2D eigenvalue weighted by atomic mass is 10.1. The molecule has 1 saturated heterocycles. The Balaban J connectivity index is 1.61. The van der Waals surface area contributed by atoms with Crippen LogP contribution >= 0.6 is 11.8 Å². The number of aromatic nitrogens is 1. The van der Waals surface area contributed by atoms with Crippen LogP contribution in [0.2, 0.25) is 0 Å². The Hall–Kier alpha value is -3.58. The SMILES string of the molecule is Cc1cccc(CN2C(=O)S/C(=C\c3cccn3-c3cccc(C(=O)O)c3)C2=O)c1. The van der Waals surface area contributed by atoms with Gasteiger partial charge in [-0.05, 0) is 60.7 Å². The van der Waals surface area contributed by atoms with Gasteiger partial charge in [0.25, 0.3) is 11.1 Å². The number of rotatable bonds is 5. The molecule has 2 heterocycles. The quantitative estimate of drug-likeness (QED) is 0.607. The number of imide groups is 1. The summed E-state index contributed by atoms with van der Waals surface area (Å²) in [6, 6.07) is 17.8. The van der Waals surface area contributed by atoms with E-state index >= 15 is 0 Å². The van der Waals surface area contributed by atoms with Crippen molar-refractivity contribution in [2.24, 2.45) is 0 Å². The summed E-state index contributed by atoms with van der Waals surface area (Å²) in [6.07, 6.45) is 3.44. The number of aromatic carboxylic acids is 1. The van der Waals surface area contributed by atoms with Gasteiger partial charge in [0.2, 0.25) is 0 Å². The van der Waals surface area contributed by atoms with Crippen LogP contribution < -0.4 is 0 Å². The average Bonchev–Trinajstić information content (AvgIpc) is 3.28. The molecule has 0 radical (unpaired) electrons. The molecular formula is C23H18N2O4S. The van der Waals surface area contributed by atoms with Crippen molar-refractivity contribution in [2.75, 3.05) is 0 Å². The molecule has 1 N–H and O–H groups in total. The van der Waals surface area contributed by atoms with Crippen LogP contribution in [0.1, 0.15) is 27.2 Å². The molecule has 1 aromatic heterocycles. The van der Waals surface area contributed by atoms with Crippen LogP contribution in [0.3, 0.4) is 0 Å². The standard InChI is InChI=1S/C23H18N2O4S/c1-15-5-2-6-16(11-15)14-25-21(26)20(30-23(25)29)13-19-9-4-10-24(19)18-8-3-7-17(12-18)22(27)28/h2-13H,14H2,1H3,(H,27,28)/b20-13-. The lowest BCUT2D eigenvalue weighted by molar-refractivity contribution is -0.123. The molecule has 7 heteroatoms. The van der Waals surface area contributed by atoms with Crippen LogP contribution in [0.4, 0.5) is 4.79 Å². The predicted octanol–water partition coefficient (Wildman–Crippen LogP) is 4.72. The third-order valence-electron chi connectivity index (χ3n) is 4.73. The average molecular weight is 418 g/mol. The van der Waals surface area contributed by atoms with E-state index < -0.39 is 5.97 Å². The number of amides is 2. The van der Waals surface area contributed by atoms with Crippen molar-refractivity contribution in [3.8, 4) is 5.69 Å². The normalized spacial score (nSPS) is 15.2. The fourth-order valence-corrected chi connectivity index (χ4v) is 4.12. The minimum atomic E-state index is -1.01. The summed E-state index contributed by atoms with van der Waals surface area (Å²) in [7, 11) is 0. The van der Waals surface area contributed by atoms with E-state index in [-0.39, 0.29) is 23.3 Å². The van der Waals surface area contributed by atoms with Crippen LogP contribution in [-0.4, -0.2) is 31.7 Å². The predicted molar refractivity (Wildman–Crippen MR) is 115 cm³/mol. The number of benzene rings is 2. The van der Waals surface area contributed by atoms with Gasteiger partial charge < -0.3 is 9.67 Å². The summed E-state index contributed by atoms with van der Waals surface area (Å²) in [5, 5.41) is 8.92. The number of carboxylic acid groups (broad SMARTS) is 1. The highest BCUT2D eigenvalue weighted by atomic mass is 32.2. The first kappa shape index (κ1) is 19.7. The monoisotopic (exact) mass is 418 g/mol. The number of carbonyl (C=O) groups is 3. The lowest BCUT2D eigenvalue weighted by Crippen LogP contribution is -2.27. The van der Waals surface area contributed by atoms with Crippen LogP contribution in [0, 0.1) is 6.92 Å². The van der Waals surface area contributed by atoms with Gasteiger partial charge in [0.05, 0.1) is 17.0 Å². The summed E-state index contributed by atoms with van der Waals surface area (Å²) >= 11 is 0.907. The van der Waals surface area contributed by atoms with E-state index in [4.69, 9.17) is 0 Å². The third-order valence-corrected chi connectivity index (χ3v) is 5.63. The highest BCUT2D eigenvalue weighted by Gasteiger charge is 2.35. The third kappa shape index (κ3) is 3.92. The van der Waals surface area contributed by atoms with E-state index in [0.717, 1.165) is 22.9 Å². The maximum Gasteiger partial charge on any atom is 0.335 e. The number of carbonyl (C=O) groups excluding carboxylic acids is 2. The van der Waals surface area contributed by atoms with Crippen molar-refractivity contribution < 1.29 is 19.5 Å². The molecule has 1 fully saturated rings. The molecule has 3 aromatic rings. The second-order valence-corrected chi connectivity index (χ2v) is 7.91. The maximum atomic E-state index is 12.9. The molecule has 1 aliphatic heterocycles. The Morgan fingerprint density at radius 1 is 1.07 bits per heavy atom. The van der Waals surface area contributed by atoms with E-state index in [1.807, 2.05) is 37.3 Å². The number of hydrogen-bond donors (Lipinski definition) is 1. The van der Waals surface area contributed by atoms with Crippen LogP contribution in [0.5, 0.6) is 0 Å². The molecule has 4 rings (SSSR count). The van der Waals surface area contributed by atoms with Crippen molar-refractivity contribution in [2.45, 2.75) is 13.5 Å². The first-order valence-corrected chi connectivity index (χ1v) is 10.1. The Morgan fingerprint density at radius 3 is 2.63 bits per heavy atom. The molecule has 0 unspecified atom stereocenters. The first-order valence-electron chi connectivity index (χ1n) is 9.24. The van der Waals surface area contributed by atoms with Gasteiger partial charge in [-0.15, -0.1) is 0 Å². The number of carboxylic acids is 1. The summed E-state index contributed by atoms with van der Waals surface area (Å²) in [5.41, 5.74) is 3.47. The molecular weight excluding hydrogens is 400 g/mol. The van der Waals surface area contributed by atoms with Gasteiger partial charge in [0, 0.05) is 17.6 Å². The van der Waals surface area contributed by atoms with Crippen LogP contribution in [0.25, 0.3) is 11.8 Å². The molecule has 2 aromatic carbocycles. The van der Waals surface area contributed by atoms with Crippen molar-refractivity contribution in [3.63, 3.8) is 0 Å². The largest absolute Gasteiger partial charge is 0.478 e. The Morgan fingerprint density at radius 2 is 1.87 bits per heavy atom. The molecule has 0 saturated carbocycles. The van der Waals surface area contributed by atoms with E-state index in [2.05, 4.69) is 0 Å². The number of aryl methyl sites for hydroxylation is 1. The zero-order chi connectivity index (χ0) is 21.3. The molecule has 150 valence electrons. The highest BCUT2D eigenvalue weighted by molar-refractivity contribution is 8.18. The zero-order valence-corrected chi connectivity index (χ0v) is 16.9. The molecule has 0 spiro atoms. The van der Waals surface area contributed by atoms with Gasteiger partial charge in [0.15, 0.2) is 0 Å². The molecule has 6 nitrogen and oxygen atoms in total. The smallest absolute Gasteiger partial charge is 0.335 e. The first-order chi connectivity index (χ1) is 14.4. The number of thioether (sulfide) groups is 1. The summed E-state index contributed by atoms with van der Waals surface area (Å²) in [6.45, 7) is 2.19. The Bertz CT molecular complexity index is 1200. The van der Waals surface area contributed by atoms with Crippen LogP contribution in [-0.2, 0) is 11.3 Å². The minimum Gasteiger partial charge on any atom is -0.478 e. The van der Waals surface area contributed by atoms with E-state index in [9.17, 15) is 19.5 Å². The summed E-state index contributed by atoms with van der Waals surface area (Å²) < 4.78 is 1.78. The zero-order valence-electron chi connectivity index (χ0n) is 16.1. The second-order valence-electron chi connectivity index (χ2n) is 6.92. The summed E-state index contributed by atoms with van der Waals surface area (Å²) in [4.78, 5) is 38.1. The van der Waals surface area contributed by atoms with Crippen LogP contribution in [0.15, 0.2) is 71.8 Å². The van der Waals surface area contributed by atoms with Gasteiger partial charge in [-0.2, -0.15) is 0 Å². The molecule has 0 atom stereocenters. The van der Waals surface area contributed by atoms with Gasteiger partial charge in [-0.25, -0.2) is 4.79 Å². The van der Waals surface area contributed by atoms with Crippen molar-refractivity contribution >= 4 is 35.0 Å². The van der Waals surface area contributed by atoms with Gasteiger partial charge in [-0.1, -0.05) is 35.9 Å². The molecule has 30 heavy (non-hydrogen) atoms. The Kier molecular flexibility index (Phi) is 5.29. The fourth-order valence-electron chi connectivity index (χ4n) is 3.30. The Labute approximate surface area is 177 Å². The van der Waals surface area contributed by atoms with Crippen molar-refractivity contribution in [3.05, 3.63) is 94.1 Å². The van der Waals surface area contributed by atoms with Gasteiger partial charge in [0.1, 0.15) is 0 Å². The minimum absolute atomic E-state index is 0.172. The summed E-state index contributed by atoms with van der Waals surface area (Å²) in [5.74, 6) is -1.35. The highest BCUT2D eigenvalue weighted by Crippen LogP contribution is 2.33. The van der Waals surface area contributed by atoms with Crippen molar-refractivity contribution in [1.82, 2.24) is 9.47 Å².